The monoisotopic (exact) mass is 420 g/mol. The van der Waals surface area contributed by atoms with Gasteiger partial charge in [0, 0.05) is 48.4 Å². The molecule has 0 aliphatic carbocycles. The van der Waals surface area contributed by atoms with Crippen molar-refractivity contribution in [2.45, 2.75) is 13.0 Å². The molecule has 5 rings (SSSR count). The molecule has 32 heavy (non-hydrogen) atoms. The van der Waals surface area contributed by atoms with Gasteiger partial charge in [0.1, 0.15) is 23.7 Å². The van der Waals surface area contributed by atoms with E-state index in [4.69, 9.17) is 9.15 Å². The SMILES string of the molecule is O=c1c(Cc2cccnc2)c(-c2cccnc2)oc2cc(OCc3ccccc3)ccc12. The zero-order valence-corrected chi connectivity index (χ0v) is 17.3. The number of hydrogen-bond acceptors (Lipinski definition) is 5. The molecular weight excluding hydrogens is 400 g/mol. The number of hydrogen-bond donors (Lipinski definition) is 0. The minimum absolute atomic E-state index is 0.0661. The van der Waals surface area contributed by atoms with Crippen LogP contribution in [0.25, 0.3) is 22.3 Å². The fraction of sp³-hybridized carbons (Fsp3) is 0.0741. The highest BCUT2D eigenvalue weighted by Gasteiger charge is 2.17. The van der Waals surface area contributed by atoms with Crippen LogP contribution in [0.1, 0.15) is 16.7 Å². The minimum Gasteiger partial charge on any atom is -0.489 e. The molecule has 0 N–H and O–H groups in total. The van der Waals surface area contributed by atoms with Gasteiger partial charge in [-0.05, 0) is 41.5 Å². The first-order valence-electron chi connectivity index (χ1n) is 10.3. The fourth-order valence-corrected chi connectivity index (χ4v) is 3.64. The van der Waals surface area contributed by atoms with Gasteiger partial charge < -0.3 is 9.15 Å². The van der Waals surface area contributed by atoms with E-state index in [2.05, 4.69) is 9.97 Å². The summed E-state index contributed by atoms with van der Waals surface area (Å²) in [7, 11) is 0. The van der Waals surface area contributed by atoms with Crippen LogP contribution in [0.15, 0.2) is 107 Å². The van der Waals surface area contributed by atoms with Crippen LogP contribution >= 0.6 is 0 Å². The van der Waals surface area contributed by atoms with E-state index < -0.39 is 0 Å². The summed E-state index contributed by atoms with van der Waals surface area (Å²) >= 11 is 0. The van der Waals surface area contributed by atoms with E-state index in [0.29, 0.717) is 41.1 Å². The van der Waals surface area contributed by atoms with Gasteiger partial charge in [0.25, 0.3) is 0 Å². The number of ether oxygens (including phenoxy) is 1. The fourth-order valence-electron chi connectivity index (χ4n) is 3.64. The molecule has 3 aromatic heterocycles. The second-order valence-electron chi connectivity index (χ2n) is 7.45. The molecule has 0 saturated heterocycles. The molecule has 156 valence electrons. The Kier molecular flexibility index (Phi) is 5.45. The average molecular weight is 420 g/mol. The zero-order valence-electron chi connectivity index (χ0n) is 17.3. The summed E-state index contributed by atoms with van der Waals surface area (Å²) in [4.78, 5) is 21.8. The van der Waals surface area contributed by atoms with Crippen molar-refractivity contribution in [3.8, 4) is 17.1 Å². The van der Waals surface area contributed by atoms with E-state index in [9.17, 15) is 4.79 Å². The van der Waals surface area contributed by atoms with Crippen LogP contribution in [-0.4, -0.2) is 9.97 Å². The lowest BCUT2D eigenvalue weighted by Crippen LogP contribution is -2.12. The van der Waals surface area contributed by atoms with E-state index in [1.54, 1.807) is 43.0 Å². The Morgan fingerprint density at radius 2 is 1.59 bits per heavy atom. The maximum absolute atomic E-state index is 13.5. The summed E-state index contributed by atoms with van der Waals surface area (Å²) < 4.78 is 12.2. The largest absolute Gasteiger partial charge is 0.489 e. The third-order valence-electron chi connectivity index (χ3n) is 5.23. The molecule has 0 aliphatic heterocycles. The Bertz CT molecular complexity index is 1400. The van der Waals surface area contributed by atoms with Gasteiger partial charge in [0.05, 0.1) is 5.39 Å². The molecule has 5 aromatic rings. The van der Waals surface area contributed by atoms with Gasteiger partial charge in [0.2, 0.25) is 0 Å². The van der Waals surface area contributed by atoms with Gasteiger partial charge in [-0.3, -0.25) is 14.8 Å². The Balaban J connectivity index is 1.58. The van der Waals surface area contributed by atoms with Gasteiger partial charge in [-0.2, -0.15) is 0 Å². The van der Waals surface area contributed by atoms with Crippen molar-refractivity contribution in [3.05, 3.63) is 124 Å². The number of nitrogens with zero attached hydrogens (tertiary/aromatic N) is 2. The summed E-state index contributed by atoms with van der Waals surface area (Å²) in [5.41, 5.74) is 3.75. The molecule has 0 atom stereocenters. The highest BCUT2D eigenvalue weighted by atomic mass is 16.5. The van der Waals surface area contributed by atoms with Crippen LogP contribution in [0, 0.1) is 0 Å². The summed E-state index contributed by atoms with van der Waals surface area (Å²) in [5, 5.41) is 0.517. The van der Waals surface area contributed by atoms with Gasteiger partial charge in [-0.15, -0.1) is 0 Å². The van der Waals surface area contributed by atoms with E-state index in [1.165, 1.54) is 0 Å². The van der Waals surface area contributed by atoms with Crippen LogP contribution in [0.2, 0.25) is 0 Å². The number of pyridine rings is 2. The van der Waals surface area contributed by atoms with Crippen LogP contribution in [0.3, 0.4) is 0 Å². The van der Waals surface area contributed by atoms with Crippen LogP contribution in [0.4, 0.5) is 0 Å². The molecule has 0 radical (unpaired) electrons. The summed E-state index contributed by atoms with van der Waals surface area (Å²) in [5.74, 6) is 1.15. The number of aromatic nitrogens is 2. The Hall–Kier alpha value is -4.25. The molecule has 0 spiro atoms. The van der Waals surface area contributed by atoms with Gasteiger partial charge >= 0.3 is 0 Å². The molecule has 0 aliphatic rings. The first-order valence-corrected chi connectivity index (χ1v) is 10.3. The van der Waals surface area contributed by atoms with Crippen molar-refractivity contribution >= 4 is 11.0 Å². The Morgan fingerprint density at radius 3 is 2.34 bits per heavy atom. The lowest BCUT2D eigenvalue weighted by atomic mass is 10.00. The highest BCUT2D eigenvalue weighted by molar-refractivity contribution is 5.81. The first-order chi connectivity index (χ1) is 15.8. The second-order valence-corrected chi connectivity index (χ2v) is 7.45. The molecule has 5 heteroatoms. The molecule has 0 saturated carbocycles. The molecule has 0 bridgehead atoms. The molecular formula is C27H20N2O3. The van der Waals surface area contributed by atoms with Crippen molar-refractivity contribution in [1.29, 1.82) is 0 Å². The maximum Gasteiger partial charge on any atom is 0.196 e. The number of rotatable bonds is 6. The van der Waals surface area contributed by atoms with Crippen molar-refractivity contribution < 1.29 is 9.15 Å². The van der Waals surface area contributed by atoms with Gasteiger partial charge in [-0.25, -0.2) is 0 Å². The lowest BCUT2D eigenvalue weighted by Gasteiger charge is -2.12. The van der Waals surface area contributed by atoms with E-state index in [-0.39, 0.29) is 5.43 Å². The predicted octanol–water partition coefficient (Wildman–Crippen LogP) is 5.42. The zero-order chi connectivity index (χ0) is 21.8. The topological polar surface area (TPSA) is 65.2 Å². The number of benzene rings is 2. The predicted molar refractivity (Wildman–Crippen MR) is 124 cm³/mol. The summed E-state index contributed by atoms with van der Waals surface area (Å²) in [6.07, 6.45) is 7.29. The van der Waals surface area contributed by atoms with Crippen molar-refractivity contribution in [1.82, 2.24) is 9.97 Å². The third kappa shape index (κ3) is 4.14. The van der Waals surface area contributed by atoms with Crippen LogP contribution in [-0.2, 0) is 13.0 Å². The molecule has 0 unspecified atom stereocenters. The van der Waals surface area contributed by atoms with Crippen molar-refractivity contribution in [2.24, 2.45) is 0 Å². The molecule has 2 aromatic carbocycles. The molecule has 3 heterocycles. The average Bonchev–Trinajstić information content (AvgIpc) is 2.86. The maximum atomic E-state index is 13.5. The molecule has 0 fully saturated rings. The lowest BCUT2D eigenvalue weighted by molar-refractivity contribution is 0.306. The smallest absolute Gasteiger partial charge is 0.196 e. The summed E-state index contributed by atoms with van der Waals surface area (Å²) in [6, 6.07) is 22.8. The summed E-state index contributed by atoms with van der Waals surface area (Å²) in [6.45, 7) is 0.436. The quantitative estimate of drug-likeness (QED) is 0.367. The number of fused-ring (bicyclic) bond motifs is 1. The molecule has 5 nitrogen and oxygen atoms in total. The Labute approximate surface area is 185 Å². The van der Waals surface area contributed by atoms with E-state index in [1.807, 2.05) is 54.6 Å². The molecule has 0 amide bonds. The van der Waals surface area contributed by atoms with E-state index >= 15 is 0 Å². The van der Waals surface area contributed by atoms with Crippen LogP contribution in [0.5, 0.6) is 5.75 Å². The van der Waals surface area contributed by atoms with Gasteiger partial charge in [0.15, 0.2) is 5.43 Å². The van der Waals surface area contributed by atoms with Gasteiger partial charge in [-0.1, -0.05) is 36.4 Å². The second kappa shape index (κ2) is 8.86. The van der Waals surface area contributed by atoms with Crippen molar-refractivity contribution in [2.75, 3.05) is 0 Å². The Morgan fingerprint density at radius 1 is 0.812 bits per heavy atom. The standard InChI is InChI=1S/C27H20N2O3/c30-26-23-11-10-22(31-18-19-6-2-1-3-7-19)15-25(23)32-27(21-9-5-13-29-17-21)24(26)14-20-8-4-12-28-16-20/h1-13,15-17H,14,18H2. The van der Waals surface area contributed by atoms with Crippen molar-refractivity contribution in [3.63, 3.8) is 0 Å². The first kappa shape index (κ1) is 19.7. The third-order valence-corrected chi connectivity index (χ3v) is 5.23. The van der Waals surface area contributed by atoms with E-state index in [0.717, 1.165) is 16.7 Å². The minimum atomic E-state index is -0.0661. The van der Waals surface area contributed by atoms with Crippen LogP contribution < -0.4 is 10.2 Å². The highest BCUT2D eigenvalue weighted by Crippen LogP contribution is 2.29. The normalized spacial score (nSPS) is 10.9.